The number of nitrogens with zero attached hydrogens (tertiary/aromatic N) is 2. The number of carbonyl (C=O) groups is 3. The number of carboxylic acid groups (broad SMARTS) is 1. The monoisotopic (exact) mass is 441 g/mol. The fraction of sp³-hybridized carbons (Fsp3) is 0.471. The van der Waals surface area contributed by atoms with Crippen molar-refractivity contribution < 1.29 is 34.1 Å². The van der Waals surface area contributed by atoms with E-state index in [-0.39, 0.29) is 12.0 Å². The van der Waals surface area contributed by atoms with E-state index in [0.717, 1.165) is 6.07 Å². The summed E-state index contributed by atoms with van der Waals surface area (Å²) in [6.07, 6.45) is -3.20. The van der Waals surface area contributed by atoms with Gasteiger partial charge in [-0.25, -0.2) is 9.59 Å². The van der Waals surface area contributed by atoms with Crippen LogP contribution in [0.25, 0.3) is 0 Å². The number of benzene rings is 1. The molecule has 1 aromatic rings. The zero-order chi connectivity index (χ0) is 24.1. The number of nitrogens with two attached hydrogens (primary N) is 1. The first kappa shape index (κ1) is 25.1. The van der Waals surface area contributed by atoms with Crippen LogP contribution in [-0.4, -0.2) is 44.7 Å². The summed E-state index contributed by atoms with van der Waals surface area (Å²) in [5, 5.41) is 36.4. The number of nitro groups is 2. The van der Waals surface area contributed by atoms with Gasteiger partial charge in [0, 0.05) is 11.5 Å². The second-order valence-electron chi connectivity index (χ2n) is 7.58. The number of carbonyl (C=O) groups excluding carboxylic acids is 2. The van der Waals surface area contributed by atoms with E-state index in [1.54, 1.807) is 20.8 Å². The van der Waals surface area contributed by atoms with E-state index in [9.17, 15) is 39.7 Å². The SMILES string of the molecule is C[C@@H](Cc1cc(N[C@H](NC(=O)OC(C)(C)C)C(=O)O)c([N+](=O)[O-])cc1[N+](=O)[O-])C(N)=O. The Morgan fingerprint density at radius 2 is 1.71 bits per heavy atom. The van der Waals surface area contributed by atoms with E-state index in [1.165, 1.54) is 6.92 Å². The van der Waals surface area contributed by atoms with E-state index in [1.807, 2.05) is 5.32 Å². The summed E-state index contributed by atoms with van der Waals surface area (Å²) in [5.74, 6) is -3.20. The Hall–Kier alpha value is -3.97. The molecule has 0 unspecified atom stereocenters. The quantitative estimate of drug-likeness (QED) is 0.246. The number of primary amides is 1. The summed E-state index contributed by atoms with van der Waals surface area (Å²) in [6, 6.07) is 1.61. The lowest BCUT2D eigenvalue weighted by Crippen LogP contribution is -2.48. The zero-order valence-electron chi connectivity index (χ0n) is 17.2. The van der Waals surface area contributed by atoms with Crippen molar-refractivity contribution in [1.82, 2.24) is 5.32 Å². The predicted octanol–water partition coefficient (Wildman–Crippen LogP) is 1.51. The van der Waals surface area contributed by atoms with Crippen LogP contribution in [0.2, 0.25) is 0 Å². The van der Waals surface area contributed by atoms with Gasteiger partial charge < -0.3 is 20.9 Å². The maximum absolute atomic E-state index is 11.9. The molecule has 0 saturated carbocycles. The smallest absolute Gasteiger partial charge is 0.409 e. The van der Waals surface area contributed by atoms with E-state index in [2.05, 4.69) is 5.32 Å². The topological polar surface area (TPSA) is 217 Å². The molecular formula is C17H23N5O9. The Balaban J connectivity index is 3.40. The van der Waals surface area contributed by atoms with E-state index in [0.29, 0.717) is 6.07 Å². The van der Waals surface area contributed by atoms with Gasteiger partial charge in [0.25, 0.3) is 11.4 Å². The molecule has 5 N–H and O–H groups in total. The summed E-state index contributed by atoms with van der Waals surface area (Å²) in [4.78, 5) is 55.7. The molecule has 0 aromatic heterocycles. The van der Waals surface area contributed by atoms with Gasteiger partial charge in [-0.2, -0.15) is 0 Å². The average molecular weight is 441 g/mol. The molecule has 0 aliphatic rings. The zero-order valence-corrected chi connectivity index (χ0v) is 17.2. The van der Waals surface area contributed by atoms with Crippen molar-refractivity contribution in [2.24, 2.45) is 11.7 Å². The lowest BCUT2D eigenvalue weighted by Gasteiger charge is -2.23. The van der Waals surface area contributed by atoms with E-state index >= 15 is 0 Å². The van der Waals surface area contributed by atoms with Crippen LogP contribution >= 0.6 is 0 Å². The van der Waals surface area contributed by atoms with Crippen LogP contribution in [0.15, 0.2) is 12.1 Å². The van der Waals surface area contributed by atoms with Gasteiger partial charge in [-0.15, -0.1) is 0 Å². The number of hydrogen-bond donors (Lipinski definition) is 4. The number of amides is 2. The maximum atomic E-state index is 11.9. The molecule has 14 heteroatoms. The Kier molecular flexibility index (Phi) is 7.83. The number of aliphatic carboxylic acids is 1. The molecule has 170 valence electrons. The number of nitrogens with one attached hydrogen (secondary N) is 2. The van der Waals surface area contributed by atoms with Crippen LogP contribution in [0.1, 0.15) is 33.3 Å². The summed E-state index contributed by atoms with van der Waals surface area (Å²) < 4.78 is 4.96. The molecule has 1 rings (SSSR count). The number of hydrogen-bond acceptors (Lipinski definition) is 9. The van der Waals surface area contributed by atoms with Crippen molar-refractivity contribution in [3.05, 3.63) is 37.9 Å². The van der Waals surface area contributed by atoms with Gasteiger partial charge in [-0.3, -0.25) is 30.3 Å². The first-order valence-electron chi connectivity index (χ1n) is 8.86. The van der Waals surface area contributed by atoms with Crippen molar-refractivity contribution >= 4 is 35.0 Å². The van der Waals surface area contributed by atoms with Crippen molar-refractivity contribution in [2.45, 2.75) is 45.9 Å². The van der Waals surface area contributed by atoms with Crippen LogP contribution in [0.3, 0.4) is 0 Å². The first-order chi connectivity index (χ1) is 14.1. The Morgan fingerprint density at radius 3 is 2.13 bits per heavy atom. The highest BCUT2D eigenvalue weighted by Crippen LogP contribution is 2.34. The summed E-state index contributed by atoms with van der Waals surface area (Å²) in [6.45, 7) is 6.04. The van der Waals surface area contributed by atoms with Gasteiger partial charge in [-0.05, 0) is 33.3 Å². The van der Waals surface area contributed by atoms with E-state index < -0.39 is 62.6 Å². The molecule has 0 spiro atoms. The van der Waals surface area contributed by atoms with Gasteiger partial charge in [-0.1, -0.05) is 6.92 Å². The average Bonchev–Trinajstić information content (AvgIpc) is 2.58. The van der Waals surface area contributed by atoms with Crippen molar-refractivity contribution in [3.63, 3.8) is 0 Å². The van der Waals surface area contributed by atoms with Gasteiger partial charge >= 0.3 is 12.1 Å². The molecule has 2 amide bonds. The van der Waals surface area contributed by atoms with Gasteiger partial charge in [0.1, 0.15) is 11.3 Å². The highest BCUT2D eigenvalue weighted by Gasteiger charge is 2.30. The second-order valence-corrected chi connectivity index (χ2v) is 7.58. The maximum Gasteiger partial charge on any atom is 0.409 e. The van der Waals surface area contributed by atoms with Crippen LogP contribution in [0, 0.1) is 26.1 Å². The number of anilines is 1. The fourth-order valence-electron chi connectivity index (χ4n) is 2.39. The van der Waals surface area contributed by atoms with Crippen molar-refractivity contribution in [2.75, 3.05) is 5.32 Å². The molecule has 0 aliphatic carbocycles. The highest BCUT2D eigenvalue weighted by molar-refractivity contribution is 5.84. The van der Waals surface area contributed by atoms with Gasteiger partial charge in [0.05, 0.1) is 15.9 Å². The van der Waals surface area contributed by atoms with Crippen LogP contribution in [0.4, 0.5) is 21.9 Å². The van der Waals surface area contributed by atoms with Crippen LogP contribution in [-0.2, 0) is 20.7 Å². The number of rotatable bonds is 9. The molecular weight excluding hydrogens is 418 g/mol. The second kappa shape index (κ2) is 9.69. The van der Waals surface area contributed by atoms with Crippen molar-refractivity contribution in [1.29, 1.82) is 0 Å². The standard InChI is InChI=1S/C17H23N5O9/c1-8(13(18)23)5-9-6-10(12(22(29)30)7-11(9)21(27)28)19-14(15(24)25)20-16(26)31-17(2,3)4/h6-8,14,19H,5H2,1-4H3,(H2,18,23)(H,20,26)(H,24,25)/t8-,14+/m0/s1. The number of alkyl carbamates (subject to hydrolysis) is 1. The van der Waals surface area contributed by atoms with Gasteiger partial charge in [0.2, 0.25) is 12.1 Å². The Morgan fingerprint density at radius 1 is 1.16 bits per heavy atom. The number of ether oxygens (including phenoxy) is 1. The number of carboxylic acids is 1. The molecule has 0 aliphatic heterocycles. The summed E-state index contributed by atoms with van der Waals surface area (Å²) >= 11 is 0. The Bertz CT molecular complexity index is 910. The van der Waals surface area contributed by atoms with E-state index in [4.69, 9.17) is 10.5 Å². The minimum absolute atomic E-state index is 0.0918. The normalized spacial score (nSPS) is 12.9. The number of nitro benzene ring substituents is 2. The molecule has 14 nitrogen and oxygen atoms in total. The molecule has 0 bridgehead atoms. The molecule has 0 fully saturated rings. The minimum Gasteiger partial charge on any atom is -0.478 e. The van der Waals surface area contributed by atoms with Crippen LogP contribution in [0.5, 0.6) is 0 Å². The lowest BCUT2D eigenvalue weighted by atomic mass is 9.98. The summed E-state index contributed by atoms with van der Waals surface area (Å²) in [5.41, 5.74) is 2.28. The molecule has 0 saturated heterocycles. The van der Waals surface area contributed by atoms with Gasteiger partial charge in [0.15, 0.2) is 0 Å². The third-order valence-electron chi connectivity index (χ3n) is 3.81. The van der Waals surface area contributed by atoms with Crippen molar-refractivity contribution in [3.8, 4) is 0 Å². The largest absolute Gasteiger partial charge is 0.478 e. The lowest BCUT2D eigenvalue weighted by molar-refractivity contribution is -0.394. The molecule has 31 heavy (non-hydrogen) atoms. The molecule has 2 atom stereocenters. The van der Waals surface area contributed by atoms with Crippen LogP contribution < -0.4 is 16.4 Å². The third-order valence-corrected chi connectivity index (χ3v) is 3.81. The fourth-order valence-corrected chi connectivity index (χ4v) is 2.39. The highest BCUT2D eigenvalue weighted by atomic mass is 16.6. The molecule has 0 radical (unpaired) electrons. The molecule has 1 aromatic carbocycles. The molecule has 0 heterocycles. The first-order valence-corrected chi connectivity index (χ1v) is 8.86. The Labute approximate surface area is 176 Å². The summed E-state index contributed by atoms with van der Waals surface area (Å²) in [7, 11) is 0. The predicted molar refractivity (Wildman–Crippen MR) is 106 cm³/mol. The third kappa shape index (κ3) is 7.41. The minimum atomic E-state index is -1.86.